The van der Waals surface area contributed by atoms with Crippen molar-refractivity contribution < 1.29 is 14.6 Å². The molecule has 0 saturated carbocycles. The van der Waals surface area contributed by atoms with Crippen molar-refractivity contribution in [1.29, 1.82) is 0 Å². The molecule has 1 aliphatic heterocycles. The van der Waals surface area contributed by atoms with Crippen LogP contribution in [0.25, 0.3) is 0 Å². The Balaban J connectivity index is 2.47. The quantitative estimate of drug-likeness (QED) is 0.833. The van der Waals surface area contributed by atoms with Gasteiger partial charge in [0.2, 0.25) is 0 Å². The molecular weight excluding hydrogens is 226 g/mol. The number of carboxylic acids is 1. The first-order valence-electron chi connectivity index (χ1n) is 5.24. The van der Waals surface area contributed by atoms with Gasteiger partial charge in [0, 0.05) is 11.3 Å². The highest BCUT2D eigenvalue weighted by molar-refractivity contribution is 7.16. The predicted octanol–water partition coefficient (Wildman–Crippen LogP) is 2.27. The Morgan fingerprint density at radius 1 is 1.69 bits per heavy atom. The Hall–Kier alpha value is -1.07. The highest BCUT2D eigenvalue weighted by Gasteiger charge is 2.34. The Morgan fingerprint density at radius 2 is 2.38 bits per heavy atom. The van der Waals surface area contributed by atoms with Gasteiger partial charge in [-0.25, -0.2) is 4.79 Å². The third-order valence-electron chi connectivity index (χ3n) is 3.18. The van der Waals surface area contributed by atoms with Crippen molar-refractivity contribution in [2.45, 2.75) is 38.9 Å². The molecular formula is C11H15NO3S. The molecule has 88 valence electrons. The summed E-state index contributed by atoms with van der Waals surface area (Å²) in [5.74, 6) is -0.935. The second kappa shape index (κ2) is 3.75. The molecule has 0 bridgehead atoms. The molecule has 0 unspecified atom stereocenters. The van der Waals surface area contributed by atoms with Crippen LogP contribution >= 0.6 is 11.3 Å². The van der Waals surface area contributed by atoms with Gasteiger partial charge >= 0.3 is 5.97 Å². The lowest BCUT2D eigenvalue weighted by atomic mass is 9.89. The third kappa shape index (κ3) is 1.70. The van der Waals surface area contributed by atoms with E-state index in [-0.39, 0.29) is 11.2 Å². The van der Waals surface area contributed by atoms with Crippen LogP contribution < -0.4 is 5.73 Å². The number of thiophene rings is 1. The summed E-state index contributed by atoms with van der Waals surface area (Å²) in [5, 5.41) is 9.53. The summed E-state index contributed by atoms with van der Waals surface area (Å²) in [7, 11) is 0. The molecule has 0 aromatic carbocycles. The van der Waals surface area contributed by atoms with E-state index < -0.39 is 5.97 Å². The number of nitrogens with two attached hydrogens (primary N) is 1. The summed E-state index contributed by atoms with van der Waals surface area (Å²) >= 11 is 1.33. The Morgan fingerprint density at radius 3 is 2.94 bits per heavy atom. The minimum absolute atomic E-state index is 0.259. The molecule has 1 aromatic heterocycles. The molecule has 0 saturated heterocycles. The summed E-state index contributed by atoms with van der Waals surface area (Å²) in [6.07, 6.45) is 1.50. The van der Waals surface area contributed by atoms with E-state index in [4.69, 9.17) is 15.6 Å². The molecule has 0 radical (unpaired) electrons. The number of aromatic carboxylic acids is 1. The Kier molecular flexibility index (Phi) is 2.67. The molecule has 0 spiro atoms. The first-order chi connectivity index (χ1) is 7.47. The monoisotopic (exact) mass is 241 g/mol. The van der Waals surface area contributed by atoms with Crippen LogP contribution in [0.3, 0.4) is 0 Å². The summed E-state index contributed by atoms with van der Waals surface area (Å²) in [6, 6.07) is 0. The molecule has 2 rings (SSSR count). The predicted molar refractivity (Wildman–Crippen MR) is 62.9 cm³/mol. The molecule has 2 heterocycles. The average molecular weight is 241 g/mol. The van der Waals surface area contributed by atoms with Gasteiger partial charge in [0.05, 0.1) is 17.8 Å². The van der Waals surface area contributed by atoms with E-state index in [1.54, 1.807) is 0 Å². The van der Waals surface area contributed by atoms with Crippen LogP contribution in [0.15, 0.2) is 0 Å². The number of ether oxygens (including phenoxy) is 1. The number of hydrogen-bond donors (Lipinski definition) is 2. The van der Waals surface area contributed by atoms with Crippen LogP contribution in [0, 0.1) is 0 Å². The van der Waals surface area contributed by atoms with E-state index >= 15 is 0 Å². The van der Waals surface area contributed by atoms with Gasteiger partial charge in [0.15, 0.2) is 0 Å². The minimum Gasteiger partial charge on any atom is -0.478 e. The van der Waals surface area contributed by atoms with Gasteiger partial charge in [-0.2, -0.15) is 0 Å². The van der Waals surface area contributed by atoms with Crippen LogP contribution in [0.1, 0.15) is 41.1 Å². The highest BCUT2D eigenvalue weighted by atomic mass is 32.1. The number of hydrogen-bond acceptors (Lipinski definition) is 4. The van der Waals surface area contributed by atoms with Gasteiger partial charge in [-0.1, -0.05) is 6.92 Å². The summed E-state index contributed by atoms with van der Waals surface area (Å²) < 4.78 is 5.75. The Bertz CT molecular complexity index is 441. The third-order valence-corrected chi connectivity index (χ3v) is 4.22. The SMILES string of the molecule is CC[C@]1(C)Cc2c(sc(N)c2C(=O)O)CO1. The lowest BCUT2D eigenvalue weighted by molar-refractivity contribution is -0.0547. The number of carbonyl (C=O) groups is 1. The number of carboxylic acid groups (broad SMARTS) is 1. The fourth-order valence-corrected chi connectivity index (χ4v) is 2.96. The van der Waals surface area contributed by atoms with E-state index in [2.05, 4.69) is 0 Å². The van der Waals surface area contributed by atoms with Gasteiger partial charge in [-0.3, -0.25) is 0 Å². The average Bonchev–Trinajstić information content (AvgIpc) is 2.53. The zero-order valence-corrected chi connectivity index (χ0v) is 10.2. The topological polar surface area (TPSA) is 72.6 Å². The van der Waals surface area contributed by atoms with Gasteiger partial charge in [0.1, 0.15) is 5.00 Å². The zero-order valence-electron chi connectivity index (χ0n) is 9.37. The van der Waals surface area contributed by atoms with E-state index in [9.17, 15) is 4.79 Å². The van der Waals surface area contributed by atoms with Crippen molar-refractivity contribution in [2.24, 2.45) is 0 Å². The van der Waals surface area contributed by atoms with Crippen LogP contribution in [0.5, 0.6) is 0 Å². The first-order valence-corrected chi connectivity index (χ1v) is 6.06. The lowest BCUT2D eigenvalue weighted by Crippen LogP contribution is -2.34. The molecule has 16 heavy (non-hydrogen) atoms. The Labute approximate surface area is 98.0 Å². The van der Waals surface area contributed by atoms with Crippen LogP contribution in [0.4, 0.5) is 5.00 Å². The maximum atomic E-state index is 11.1. The molecule has 4 nitrogen and oxygen atoms in total. The van der Waals surface area contributed by atoms with E-state index in [1.807, 2.05) is 13.8 Å². The fraction of sp³-hybridized carbons (Fsp3) is 0.545. The standard InChI is InChI=1S/C11H15NO3S/c1-3-11(2)4-6-7(5-15-11)16-9(12)8(6)10(13)14/h3-5,12H2,1-2H3,(H,13,14)/t11-/m1/s1. The molecule has 0 fully saturated rings. The van der Waals surface area contributed by atoms with Gasteiger partial charge < -0.3 is 15.6 Å². The maximum absolute atomic E-state index is 11.1. The molecule has 0 amide bonds. The molecule has 0 aliphatic carbocycles. The highest BCUT2D eigenvalue weighted by Crippen LogP contribution is 2.39. The molecule has 1 atom stereocenters. The number of anilines is 1. The normalized spacial score (nSPS) is 24.1. The molecule has 5 heteroatoms. The van der Waals surface area contributed by atoms with Gasteiger partial charge in [-0.05, 0) is 18.9 Å². The largest absolute Gasteiger partial charge is 0.478 e. The summed E-state index contributed by atoms with van der Waals surface area (Å²) in [5.41, 5.74) is 6.62. The summed E-state index contributed by atoms with van der Waals surface area (Å²) in [6.45, 7) is 4.53. The van der Waals surface area contributed by atoms with Crippen molar-refractivity contribution in [3.63, 3.8) is 0 Å². The number of nitrogen functional groups attached to an aromatic ring is 1. The van der Waals surface area contributed by atoms with Crippen molar-refractivity contribution in [3.8, 4) is 0 Å². The second-order valence-electron chi connectivity index (χ2n) is 4.32. The first kappa shape index (κ1) is 11.4. The second-order valence-corrected chi connectivity index (χ2v) is 5.45. The van der Waals surface area contributed by atoms with Crippen LogP contribution in [-0.4, -0.2) is 16.7 Å². The number of rotatable bonds is 2. The fourth-order valence-electron chi connectivity index (χ4n) is 1.96. The molecule has 1 aliphatic rings. The van der Waals surface area contributed by atoms with Crippen LogP contribution in [-0.2, 0) is 17.8 Å². The minimum atomic E-state index is -0.935. The van der Waals surface area contributed by atoms with E-state index in [0.717, 1.165) is 16.9 Å². The molecule has 1 aromatic rings. The zero-order chi connectivity index (χ0) is 11.9. The van der Waals surface area contributed by atoms with Gasteiger partial charge in [-0.15, -0.1) is 11.3 Å². The number of fused-ring (bicyclic) bond motifs is 1. The van der Waals surface area contributed by atoms with Gasteiger partial charge in [0.25, 0.3) is 0 Å². The maximum Gasteiger partial charge on any atom is 0.338 e. The van der Waals surface area contributed by atoms with E-state index in [0.29, 0.717) is 18.0 Å². The molecule has 3 N–H and O–H groups in total. The van der Waals surface area contributed by atoms with Crippen molar-refractivity contribution in [3.05, 3.63) is 16.0 Å². The smallest absolute Gasteiger partial charge is 0.338 e. The van der Waals surface area contributed by atoms with E-state index in [1.165, 1.54) is 11.3 Å². The summed E-state index contributed by atoms with van der Waals surface area (Å²) in [4.78, 5) is 12.1. The van der Waals surface area contributed by atoms with Crippen molar-refractivity contribution in [1.82, 2.24) is 0 Å². The lowest BCUT2D eigenvalue weighted by Gasteiger charge is -2.33. The van der Waals surface area contributed by atoms with Crippen molar-refractivity contribution >= 4 is 22.3 Å². The van der Waals surface area contributed by atoms with Crippen LogP contribution in [0.2, 0.25) is 0 Å². The van der Waals surface area contributed by atoms with Crippen molar-refractivity contribution in [2.75, 3.05) is 5.73 Å².